The summed E-state index contributed by atoms with van der Waals surface area (Å²) in [4.78, 5) is 45.4. The molecule has 0 spiro atoms. The van der Waals surface area contributed by atoms with Gasteiger partial charge in [-0.3, -0.25) is 19.3 Å². The molecular weight excluding hydrogens is 508 g/mol. The first kappa shape index (κ1) is 23.1. The summed E-state index contributed by atoms with van der Waals surface area (Å²) in [5.74, 6) is 0.767. The molecule has 2 aliphatic heterocycles. The Morgan fingerprint density at radius 2 is 1.62 bits per heavy atom. The van der Waals surface area contributed by atoms with Crippen LogP contribution in [-0.4, -0.2) is 36.3 Å². The standard InChI is InChI=1S/C28H26N2O5S2/c1-12-4-7-14(8-5-12)30-26(31)21-15-11-16(22(21)27(30)32)23-20(15)19(24-25(36-23)29-28(33)37-24)13-6-9-17(34-2)18(10-13)35-3/h4-10,15-16,19-23H,11H2,1-3H3,(H,29,33). The van der Waals surface area contributed by atoms with Crippen molar-refractivity contribution < 1.29 is 19.1 Å². The van der Waals surface area contributed by atoms with Gasteiger partial charge in [0.05, 0.1) is 36.8 Å². The number of hydrogen-bond acceptors (Lipinski definition) is 7. The predicted molar refractivity (Wildman–Crippen MR) is 142 cm³/mol. The predicted octanol–water partition coefficient (Wildman–Crippen LogP) is 4.44. The number of ether oxygens (including phenoxy) is 2. The van der Waals surface area contributed by atoms with Gasteiger partial charge in [-0.05, 0) is 60.9 Å². The van der Waals surface area contributed by atoms with E-state index in [9.17, 15) is 14.4 Å². The molecule has 2 amide bonds. The number of hydrogen-bond donors (Lipinski definition) is 1. The number of nitrogens with zero attached hydrogens (tertiary/aromatic N) is 1. The Kier molecular flexibility index (Phi) is 5.14. The Morgan fingerprint density at radius 3 is 2.32 bits per heavy atom. The number of aromatic amines is 1. The quantitative estimate of drug-likeness (QED) is 0.498. The number of thioether (sulfide) groups is 1. The number of fused-ring (bicyclic) bond motifs is 9. The molecule has 7 atom stereocenters. The summed E-state index contributed by atoms with van der Waals surface area (Å²) in [6.45, 7) is 1.99. The molecule has 7 unspecified atom stereocenters. The van der Waals surface area contributed by atoms with Crippen molar-refractivity contribution in [3.63, 3.8) is 0 Å². The van der Waals surface area contributed by atoms with E-state index in [1.165, 1.54) is 16.2 Å². The lowest BCUT2D eigenvalue weighted by atomic mass is 9.68. The number of aryl methyl sites for hydroxylation is 1. The number of carbonyl (C=O) groups is 2. The molecule has 2 saturated carbocycles. The molecule has 1 saturated heterocycles. The van der Waals surface area contributed by atoms with Crippen LogP contribution in [0.3, 0.4) is 0 Å². The van der Waals surface area contributed by atoms with Gasteiger partial charge in [-0.2, -0.15) is 0 Å². The van der Waals surface area contributed by atoms with Gasteiger partial charge >= 0.3 is 4.87 Å². The molecule has 7 nitrogen and oxygen atoms in total. The third kappa shape index (κ3) is 3.16. The highest BCUT2D eigenvalue weighted by Gasteiger charge is 2.69. The fourth-order valence-electron chi connectivity index (χ4n) is 7.38. The summed E-state index contributed by atoms with van der Waals surface area (Å²) < 4.78 is 11.1. The van der Waals surface area contributed by atoms with E-state index in [-0.39, 0.29) is 57.4 Å². The minimum Gasteiger partial charge on any atom is -0.493 e. The van der Waals surface area contributed by atoms with Crippen molar-refractivity contribution in [1.29, 1.82) is 0 Å². The zero-order chi connectivity index (χ0) is 25.6. The van der Waals surface area contributed by atoms with Gasteiger partial charge in [0.25, 0.3) is 0 Å². The molecule has 3 heterocycles. The third-order valence-corrected chi connectivity index (χ3v) is 11.4. The van der Waals surface area contributed by atoms with E-state index in [0.717, 1.165) is 27.5 Å². The zero-order valence-corrected chi connectivity index (χ0v) is 22.2. The average Bonchev–Trinajstić information content (AvgIpc) is 3.63. The Labute approximate surface area is 222 Å². The van der Waals surface area contributed by atoms with Crippen molar-refractivity contribution in [2.45, 2.75) is 29.5 Å². The molecule has 7 rings (SSSR count). The van der Waals surface area contributed by atoms with E-state index in [1.807, 2.05) is 49.4 Å². The second-order valence-corrected chi connectivity index (χ2v) is 12.6. The maximum atomic E-state index is 13.8. The van der Waals surface area contributed by atoms with E-state index in [1.54, 1.807) is 26.0 Å². The van der Waals surface area contributed by atoms with Crippen molar-refractivity contribution in [3.8, 4) is 11.5 Å². The highest BCUT2D eigenvalue weighted by Crippen LogP contribution is 2.68. The third-order valence-electron chi connectivity index (χ3n) is 8.78. The molecule has 2 bridgehead atoms. The topological polar surface area (TPSA) is 88.7 Å². The van der Waals surface area contributed by atoms with Crippen molar-refractivity contribution >= 4 is 40.6 Å². The van der Waals surface area contributed by atoms with Crippen LogP contribution in [0.1, 0.15) is 28.3 Å². The SMILES string of the molecule is COc1ccc(C2c3sc(=O)[nH]c3SC3C4CC(C5C(=O)N(c6ccc(C)cc6)C(=O)C45)C23)cc1OC. The average molecular weight is 535 g/mol. The summed E-state index contributed by atoms with van der Waals surface area (Å²) in [5, 5.41) is 1.05. The molecule has 190 valence electrons. The van der Waals surface area contributed by atoms with Gasteiger partial charge in [0.15, 0.2) is 11.5 Å². The molecular formula is C28H26N2O5S2. The molecule has 1 N–H and O–H groups in total. The number of H-pyrrole nitrogens is 1. The molecule has 4 aliphatic rings. The van der Waals surface area contributed by atoms with Crippen LogP contribution in [0.15, 0.2) is 52.3 Å². The number of anilines is 1. The fraction of sp³-hybridized carbons (Fsp3) is 0.393. The number of imide groups is 1. The first-order valence-electron chi connectivity index (χ1n) is 12.5. The van der Waals surface area contributed by atoms with Gasteiger partial charge < -0.3 is 14.5 Å². The van der Waals surface area contributed by atoms with E-state index in [0.29, 0.717) is 17.2 Å². The molecule has 3 fully saturated rings. The van der Waals surface area contributed by atoms with Crippen LogP contribution in [0, 0.1) is 36.5 Å². The molecule has 2 aromatic carbocycles. The zero-order valence-electron chi connectivity index (χ0n) is 20.6. The maximum Gasteiger partial charge on any atom is 0.305 e. The van der Waals surface area contributed by atoms with E-state index >= 15 is 0 Å². The number of amides is 2. The Hall–Kier alpha value is -3.04. The van der Waals surface area contributed by atoms with Crippen LogP contribution >= 0.6 is 23.1 Å². The van der Waals surface area contributed by atoms with Crippen LogP contribution in [0.4, 0.5) is 5.69 Å². The first-order valence-corrected chi connectivity index (χ1v) is 14.2. The summed E-state index contributed by atoms with van der Waals surface area (Å²) in [6, 6.07) is 13.5. The van der Waals surface area contributed by atoms with Crippen LogP contribution in [0.25, 0.3) is 0 Å². The molecule has 2 aliphatic carbocycles. The number of nitrogens with one attached hydrogen (secondary N) is 1. The summed E-state index contributed by atoms with van der Waals surface area (Å²) in [7, 11) is 3.23. The molecule has 9 heteroatoms. The second-order valence-electron chi connectivity index (χ2n) is 10.4. The van der Waals surface area contributed by atoms with Crippen molar-refractivity contribution in [3.05, 3.63) is 68.1 Å². The monoisotopic (exact) mass is 534 g/mol. The summed E-state index contributed by atoms with van der Waals surface area (Å²) >= 11 is 2.95. The van der Waals surface area contributed by atoms with Crippen LogP contribution in [0.5, 0.6) is 11.5 Å². The van der Waals surface area contributed by atoms with Crippen LogP contribution in [-0.2, 0) is 9.59 Å². The number of rotatable bonds is 4. The van der Waals surface area contributed by atoms with E-state index < -0.39 is 0 Å². The van der Waals surface area contributed by atoms with Crippen LogP contribution < -0.4 is 19.2 Å². The van der Waals surface area contributed by atoms with Gasteiger partial charge in [0.2, 0.25) is 11.8 Å². The van der Waals surface area contributed by atoms with Crippen molar-refractivity contribution in [2.75, 3.05) is 19.1 Å². The van der Waals surface area contributed by atoms with Crippen molar-refractivity contribution in [1.82, 2.24) is 4.98 Å². The Morgan fingerprint density at radius 1 is 0.919 bits per heavy atom. The van der Waals surface area contributed by atoms with Gasteiger partial charge in [-0.25, -0.2) is 0 Å². The second kappa shape index (κ2) is 8.23. The van der Waals surface area contributed by atoms with Gasteiger partial charge in [-0.1, -0.05) is 35.1 Å². The molecule has 1 aromatic heterocycles. The number of carbonyl (C=O) groups excluding carboxylic acids is 2. The highest BCUT2D eigenvalue weighted by molar-refractivity contribution is 8.00. The van der Waals surface area contributed by atoms with Crippen molar-refractivity contribution in [2.24, 2.45) is 29.6 Å². The molecule has 37 heavy (non-hydrogen) atoms. The minimum atomic E-state index is -0.319. The smallest absolute Gasteiger partial charge is 0.305 e. The molecule has 0 radical (unpaired) electrons. The molecule has 3 aromatic rings. The minimum absolute atomic E-state index is 0.0581. The lowest BCUT2D eigenvalue weighted by Gasteiger charge is -2.43. The number of thiazole rings is 1. The fourth-order valence-corrected chi connectivity index (χ4v) is 10.3. The lowest BCUT2D eigenvalue weighted by molar-refractivity contribution is -0.123. The summed E-state index contributed by atoms with van der Waals surface area (Å²) in [5.41, 5.74) is 2.79. The van der Waals surface area contributed by atoms with Gasteiger partial charge in [-0.15, -0.1) is 11.8 Å². The van der Waals surface area contributed by atoms with Gasteiger partial charge in [0.1, 0.15) is 0 Å². The number of aromatic nitrogens is 1. The number of methoxy groups -OCH3 is 2. The highest BCUT2D eigenvalue weighted by atomic mass is 32.2. The maximum absolute atomic E-state index is 13.8. The van der Waals surface area contributed by atoms with Gasteiger partial charge in [0, 0.05) is 16.0 Å². The Balaban J connectivity index is 1.32. The Bertz CT molecular complexity index is 1490. The number of benzene rings is 2. The summed E-state index contributed by atoms with van der Waals surface area (Å²) in [6.07, 6.45) is 0.861. The normalized spacial score (nSPS) is 31.3. The first-order chi connectivity index (χ1) is 17.9. The lowest BCUT2D eigenvalue weighted by Crippen LogP contribution is -2.42. The van der Waals surface area contributed by atoms with E-state index in [2.05, 4.69) is 4.98 Å². The van der Waals surface area contributed by atoms with Crippen LogP contribution in [0.2, 0.25) is 0 Å². The largest absolute Gasteiger partial charge is 0.493 e. The van der Waals surface area contributed by atoms with E-state index in [4.69, 9.17) is 9.47 Å².